The van der Waals surface area contributed by atoms with Gasteiger partial charge in [-0.2, -0.15) is 5.26 Å². The fourth-order valence-corrected chi connectivity index (χ4v) is 1.68. The van der Waals surface area contributed by atoms with E-state index in [4.69, 9.17) is 16.9 Å². The van der Waals surface area contributed by atoms with E-state index in [1.165, 1.54) is 0 Å². The highest BCUT2D eigenvalue weighted by molar-refractivity contribution is 6.49. The molecule has 17 heavy (non-hydrogen) atoms. The van der Waals surface area contributed by atoms with Crippen molar-refractivity contribution < 1.29 is 13.2 Å². The average molecular weight is 260 g/mol. The van der Waals surface area contributed by atoms with Crippen LogP contribution in [0.1, 0.15) is 25.3 Å². The van der Waals surface area contributed by atoms with Gasteiger partial charge in [-0.05, 0) is 6.42 Å². The Kier molecular flexibility index (Phi) is 4.59. The van der Waals surface area contributed by atoms with E-state index < -0.39 is 23.0 Å². The number of benzene rings is 1. The molecule has 0 saturated heterocycles. The lowest BCUT2D eigenvalue weighted by atomic mass is 10.1. The Balaban J connectivity index is 3.39. The van der Waals surface area contributed by atoms with Gasteiger partial charge in [-0.25, -0.2) is 13.2 Å². The zero-order chi connectivity index (χ0) is 13.0. The summed E-state index contributed by atoms with van der Waals surface area (Å²) in [5.74, 6) is -3.25. The molecule has 0 saturated carbocycles. The Morgan fingerprint density at radius 3 is 2.24 bits per heavy atom. The van der Waals surface area contributed by atoms with Crippen LogP contribution < -0.4 is 0 Å². The zero-order valence-corrected chi connectivity index (χ0v) is 9.78. The lowest BCUT2D eigenvalue weighted by Gasteiger charge is -2.06. The summed E-state index contributed by atoms with van der Waals surface area (Å²) in [5, 5.41) is 8.51. The van der Waals surface area contributed by atoms with Gasteiger partial charge in [-0.15, -0.1) is 0 Å². The van der Waals surface area contributed by atoms with E-state index in [9.17, 15) is 13.2 Å². The smallest absolute Gasteiger partial charge is 0.137 e. The number of hydrogen-bond donors (Lipinski definition) is 0. The molecule has 0 aliphatic carbocycles. The van der Waals surface area contributed by atoms with E-state index in [0.717, 1.165) is 0 Å². The van der Waals surface area contributed by atoms with Gasteiger partial charge in [-0.1, -0.05) is 24.9 Å². The van der Waals surface area contributed by atoms with Crippen LogP contribution in [-0.2, 0) is 0 Å². The minimum absolute atomic E-state index is 0.0820. The molecule has 0 heterocycles. The van der Waals surface area contributed by atoms with Gasteiger partial charge in [0.15, 0.2) is 0 Å². The Bertz CT molecular complexity index is 480. The fraction of sp³-hybridized carbons (Fsp3) is 0.250. The van der Waals surface area contributed by atoms with E-state index in [0.29, 0.717) is 25.0 Å². The Morgan fingerprint density at radius 1 is 1.29 bits per heavy atom. The van der Waals surface area contributed by atoms with Crippen LogP contribution in [-0.4, -0.2) is 0 Å². The number of allylic oxidation sites excluding steroid dienone is 1. The van der Waals surface area contributed by atoms with Gasteiger partial charge in [-0.3, -0.25) is 0 Å². The third-order valence-electron chi connectivity index (χ3n) is 2.13. The Hall–Kier alpha value is -1.47. The van der Waals surface area contributed by atoms with Crippen molar-refractivity contribution in [2.75, 3.05) is 0 Å². The standard InChI is InChI=1S/C12H9ClF3N/c1-2-3-7(6-17)12(13)11-9(15)4-8(14)5-10(11)16/h4-5H,2-3H2,1H3. The van der Waals surface area contributed by atoms with Crippen LogP contribution in [0, 0.1) is 28.8 Å². The maximum Gasteiger partial charge on any atom is 0.137 e. The van der Waals surface area contributed by atoms with Crippen LogP contribution in [0.3, 0.4) is 0 Å². The molecule has 1 rings (SSSR count). The summed E-state index contributed by atoms with van der Waals surface area (Å²) in [4.78, 5) is 0. The van der Waals surface area contributed by atoms with Gasteiger partial charge in [0, 0.05) is 17.7 Å². The molecule has 0 aliphatic heterocycles. The monoisotopic (exact) mass is 259 g/mol. The second-order valence-electron chi connectivity index (χ2n) is 3.40. The number of nitriles is 1. The first kappa shape index (κ1) is 13.6. The average Bonchev–Trinajstić information content (AvgIpc) is 2.24. The normalized spacial score (nSPS) is 12.0. The van der Waals surface area contributed by atoms with Crippen molar-refractivity contribution >= 4 is 16.6 Å². The molecule has 0 unspecified atom stereocenters. The van der Waals surface area contributed by atoms with Crippen LogP contribution in [0.15, 0.2) is 17.7 Å². The molecule has 1 nitrogen and oxygen atoms in total. The van der Waals surface area contributed by atoms with E-state index in [2.05, 4.69) is 0 Å². The van der Waals surface area contributed by atoms with Crippen molar-refractivity contribution in [3.63, 3.8) is 0 Å². The highest BCUT2D eigenvalue weighted by Crippen LogP contribution is 2.30. The highest BCUT2D eigenvalue weighted by atomic mass is 35.5. The topological polar surface area (TPSA) is 23.8 Å². The number of halogens is 4. The van der Waals surface area contributed by atoms with Gasteiger partial charge in [0.05, 0.1) is 16.7 Å². The quantitative estimate of drug-likeness (QED) is 0.739. The maximum absolute atomic E-state index is 13.4. The summed E-state index contributed by atoms with van der Waals surface area (Å²) >= 11 is 5.77. The van der Waals surface area contributed by atoms with Crippen LogP contribution in [0.25, 0.3) is 5.03 Å². The summed E-state index contributed by atoms with van der Waals surface area (Å²) in [7, 11) is 0. The minimum Gasteiger partial charge on any atom is -0.207 e. The van der Waals surface area contributed by atoms with Gasteiger partial charge in [0.25, 0.3) is 0 Å². The molecule has 0 amide bonds. The fourth-order valence-electron chi connectivity index (χ4n) is 1.37. The van der Waals surface area contributed by atoms with Crippen molar-refractivity contribution in [2.45, 2.75) is 19.8 Å². The largest absolute Gasteiger partial charge is 0.207 e. The minimum atomic E-state index is -1.11. The van der Waals surface area contributed by atoms with E-state index >= 15 is 0 Å². The molecule has 0 aliphatic rings. The molecule has 0 aromatic heterocycles. The van der Waals surface area contributed by atoms with E-state index in [-0.39, 0.29) is 10.6 Å². The molecule has 5 heteroatoms. The number of rotatable bonds is 3. The molecule has 0 atom stereocenters. The van der Waals surface area contributed by atoms with Crippen LogP contribution >= 0.6 is 11.6 Å². The zero-order valence-electron chi connectivity index (χ0n) is 9.03. The van der Waals surface area contributed by atoms with E-state index in [1.54, 1.807) is 13.0 Å². The van der Waals surface area contributed by atoms with E-state index in [1.807, 2.05) is 0 Å². The summed E-state index contributed by atoms with van der Waals surface area (Å²) in [6.45, 7) is 1.80. The number of nitrogens with zero attached hydrogens (tertiary/aromatic N) is 1. The van der Waals surface area contributed by atoms with Crippen molar-refractivity contribution in [1.29, 1.82) is 5.26 Å². The first-order valence-electron chi connectivity index (χ1n) is 4.94. The van der Waals surface area contributed by atoms with Gasteiger partial charge in [0.2, 0.25) is 0 Å². The third kappa shape index (κ3) is 3.01. The maximum atomic E-state index is 13.4. The molecule has 1 aromatic carbocycles. The molecule has 0 N–H and O–H groups in total. The highest BCUT2D eigenvalue weighted by Gasteiger charge is 2.17. The SMILES string of the molecule is CCCC(C#N)=C(Cl)c1c(F)cc(F)cc1F. The molecule has 90 valence electrons. The summed E-state index contributed by atoms with van der Waals surface area (Å²) in [5.41, 5.74) is -0.475. The van der Waals surface area contributed by atoms with Crippen molar-refractivity contribution in [3.05, 3.63) is 40.7 Å². The van der Waals surface area contributed by atoms with Crippen molar-refractivity contribution in [1.82, 2.24) is 0 Å². The van der Waals surface area contributed by atoms with Gasteiger partial charge < -0.3 is 0 Å². The molecule has 0 spiro atoms. The Labute approximate surface area is 102 Å². The molecule has 0 radical (unpaired) electrons. The first-order chi connectivity index (χ1) is 8.01. The van der Waals surface area contributed by atoms with Gasteiger partial charge in [0.1, 0.15) is 17.5 Å². The number of hydrogen-bond acceptors (Lipinski definition) is 1. The Morgan fingerprint density at radius 2 is 1.82 bits per heavy atom. The lowest BCUT2D eigenvalue weighted by Crippen LogP contribution is -1.96. The predicted molar refractivity (Wildman–Crippen MR) is 59.6 cm³/mol. The molecule has 0 bridgehead atoms. The van der Waals surface area contributed by atoms with Crippen molar-refractivity contribution in [2.24, 2.45) is 0 Å². The van der Waals surface area contributed by atoms with Crippen LogP contribution in [0.5, 0.6) is 0 Å². The second kappa shape index (κ2) is 5.74. The molecular formula is C12H9ClF3N. The third-order valence-corrected chi connectivity index (χ3v) is 2.54. The predicted octanol–water partition coefficient (Wildman–Crippen LogP) is 4.38. The van der Waals surface area contributed by atoms with Crippen molar-refractivity contribution in [3.8, 4) is 6.07 Å². The summed E-state index contributed by atoms with van der Waals surface area (Å²) in [6, 6.07) is 2.85. The molecular weight excluding hydrogens is 251 g/mol. The summed E-state index contributed by atoms with van der Waals surface area (Å²) < 4.78 is 39.5. The lowest BCUT2D eigenvalue weighted by molar-refractivity contribution is 0.539. The summed E-state index contributed by atoms with van der Waals surface area (Å²) in [6.07, 6.45) is 0.926. The first-order valence-corrected chi connectivity index (χ1v) is 5.32. The van der Waals surface area contributed by atoms with Gasteiger partial charge >= 0.3 is 0 Å². The van der Waals surface area contributed by atoms with Crippen LogP contribution in [0.2, 0.25) is 0 Å². The second-order valence-corrected chi connectivity index (χ2v) is 3.78. The van der Waals surface area contributed by atoms with Crippen LogP contribution in [0.4, 0.5) is 13.2 Å². The molecule has 0 fully saturated rings. The molecule has 1 aromatic rings.